The summed E-state index contributed by atoms with van der Waals surface area (Å²) in [7, 11) is 0. The first-order valence-corrected chi connectivity index (χ1v) is 7.51. The fourth-order valence-electron chi connectivity index (χ4n) is 2.46. The average molecular weight is 259 g/mol. The second kappa shape index (κ2) is 7.29. The standard InChI is InChI=1S/C16H25N3/c1-3-5-8-11-17-12-13-19-15-10-7-6-9-14(15)18-16(19)4-2/h6-7,9-10,17H,3-5,8,11-13H2,1-2H3. The molecule has 2 aromatic rings. The minimum absolute atomic E-state index is 0.991. The van der Waals surface area contributed by atoms with Gasteiger partial charge in [-0.25, -0.2) is 4.98 Å². The number of fused-ring (bicyclic) bond motifs is 1. The van der Waals surface area contributed by atoms with Gasteiger partial charge in [0.2, 0.25) is 0 Å². The molecule has 104 valence electrons. The Morgan fingerprint density at radius 1 is 1.11 bits per heavy atom. The quantitative estimate of drug-likeness (QED) is 0.737. The molecule has 0 saturated heterocycles. The van der Waals surface area contributed by atoms with Crippen molar-refractivity contribution >= 4 is 11.0 Å². The summed E-state index contributed by atoms with van der Waals surface area (Å²) in [5.41, 5.74) is 2.38. The van der Waals surface area contributed by atoms with Crippen LogP contribution < -0.4 is 5.32 Å². The van der Waals surface area contributed by atoms with Crippen LogP contribution in [0.15, 0.2) is 24.3 Å². The van der Waals surface area contributed by atoms with E-state index in [2.05, 4.69) is 48.0 Å². The first kappa shape index (κ1) is 14.1. The number of benzene rings is 1. The molecule has 3 nitrogen and oxygen atoms in total. The fraction of sp³-hybridized carbons (Fsp3) is 0.562. The van der Waals surface area contributed by atoms with Crippen LogP contribution in [0.1, 0.15) is 38.9 Å². The predicted octanol–water partition coefficient (Wildman–Crippen LogP) is 3.38. The number of hydrogen-bond acceptors (Lipinski definition) is 2. The lowest BCUT2D eigenvalue weighted by Gasteiger charge is -2.09. The maximum Gasteiger partial charge on any atom is 0.109 e. The Morgan fingerprint density at radius 2 is 1.95 bits per heavy atom. The van der Waals surface area contributed by atoms with Gasteiger partial charge in [-0.15, -0.1) is 0 Å². The van der Waals surface area contributed by atoms with Crippen LogP contribution in [-0.4, -0.2) is 22.6 Å². The van der Waals surface area contributed by atoms with Crippen molar-refractivity contribution in [2.24, 2.45) is 0 Å². The Bertz CT molecular complexity index is 502. The van der Waals surface area contributed by atoms with Gasteiger partial charge < -0.3 is 9.88 Å². The molecule has 0 fully saturated rings. The topological polar surface area (TPSA) is 29.9 Å². The van der Waals surface area contributed by atoms with E-state index in [0.717, 1.165) is 31.6 Å². The van der Waals surface area contributed by atoms with Gasteiger partial charge in [0, 0.05) is 19.5 Å². The van der Waals surface area contributed by atoms with E-state index in [9.17, 15) is 0 Å². The monoisotopic (exact) mass is 259 g/mol. The molecule has 3 heteroatoms. The second-order valence-electron chi connectivity index (χ2n) is 4.98. The molecule has 0 spiro atoms. The smallest absolute Gasteiger partial charge is 0.109 e. The molecule has 0 radical (unpaired) electrons. The van der Waals surface area contributed by atoms with Crippen molar-refractivity contribution in [2.75, 3.05) is 13.1 Å². The lowest BCUT2D eigenvalue weighted by molar-refractivity contribution is 0.565. The van der Waals surface area contributed by atoms with Crippen LogP contribution in [0, 0.1) is 0 Å². The number of aromatic nitrogens is 2. The third-order valence-corrected chi connectivity index (χ3v) is 3.52. The van der Waals surface area contributed by atoms with Crippen molar-refractivity contribution in [1.29, 1.82) is 0 Å². The maximum atomic E-state index is 4.69. The summed E-state index contributed by atoms with van der Waals surface area (Å²) in [5, 5.41) is 3.53. The molecule has 0 amide bonds. The second-order valence-corrected chi connectivity index (χ2v) is 4.98. The van der Waals surface area contributed by atoms with Gasteiger partial charge in [-0.3, -0.25) is 0 Å². The third kappa shape index (κ3) is 3.57. The minimum Gasteiger partial charge on any atom is -0.327 e. The molecule has 0 atom stereocenters. The zero-order valence-electron chi connectivity index (χ0n) is 12.2. The Morgan fingerprint density at radius 3 is 2.74 bits per heavy atom. The van der Waals surface area contributed by atoms with Crippen molar-refractivity contribution in [3.63, 3.8) is 0 Å². The highest BCUT2D eigenvalue weighted by Crippen LogP contribution is 2.15. The summed E-state index contributed by atoms with van der Waals surface area (Å²) in [5.74, 6) is 1.19. The van der Waals surface area contributed by atoms with Gasteiger partial charge in [-0.05, 0) is 25.1 Å². The third-order valence-electron chi connectivity index (χ3n) is 3.52. The zero-order valence-corrected chi connectivity index (χ0v) is 12.2. The molecule has 1 heterocycles. The number of imidazole rings is 1. The highest BCUT2D eigenvalue weighted by atomic mass is 15.1. The van der Waals surface area contributed by atoms with E-state index in [1.807, 2.05) is 0 Å². The molecule has 0 unspecified atom stereocenters. The van der Waals surface area contributed by atoms with Crippen molar-refractivity contribution in [2.45, 2.75) is 46.1 Å². The molecule has 2 rings (SSSR count). The van der Waals surface area contributed by atoms with Crippen molar-refractivity contribution in [3.05, 3.63) is 30.1 Å². The van der Waals surface area contributed by atoms with Gasteiger partial charge in [0.1, 0.15) is 5.82 Å². The van der Waals surface area contributed by atoms with Crippen molar-refractivity contribution in [3.8, 4) is 0 Å². The molecular formula is C16H25N3. The van der Waals surface area contributed by atoms with Crippen LogP contribution in [0.3, 0.4) is 0 Å². The lowest BCUT2D eigenvalue weighted by Crippen LogP contribution is -2.21. The highest BCUT2D eigenvalue weighted by molar-refractivity contribution is 5.75. The molecule has 0 saturated carbocycles. The summed E-state index contributed by atoms with van der Waals surface area (Å²) in [6.45, 7) is 7.58. The van der Waals surface area contributed by atoms with Gasteiger partial charge in [-0.1, -0.05) is 38.8 Å². The number of rotatable bonds is 8. The first-order chi connectivity index (χ1) is 9.36. The highest BCUT2D eigenvalue weighted by Gasteiger charge is 2.07. The van der Waals surface area contributed by atoms with E-state index in [0.29, 0.717) is 0 Å². The molecule has 1 N–H and O–H groups in total. The van der Waals surface area contributed by atoms with Crippen LogP contribution in [0.25, 0.3) is 11.0 Å². The van der Waals surface area contributed by atoms with E-state index in [-0.39, 0.29) is 0 Å². The Labute approximate surface area is 116 Å². The van der Waals surface area contributed by atoms with E-state index in [1.165, 1.54) is 30.6 Å². The van der Waals surface area contributed by atoms with E-state index in [1.54, 1.807) is 0 Å². The van der Waals surface area contributed by atoms with Gasteiger partial charge >= 0.3 is 0 Å². The van der Waals surface area contributed by atoms with Crippen LogP contribution >= 0.6 is 0 Å². The number of nitrogens with zero attached hydrogens (tertiary/aromatic N) is 2. The van der Waals surface area contributed by atoms with Crippen molar-refractivity contribution in [1.82, 2.24) is 14.9 Å². The van der Waals surface area contributed by atoms with Gasteiger partial charge in [-0.2, -0.15) is 0 Å². The molecular weight excluding hydrogens is 234 g/mol. The van der Waals surface area contributed by atoms with E-state index in [4.69, 9.17) is 4.98 Å². The SMILES string of the molecule is CCCCCNCCn1c(CC)nc2ccccc21. The maximum absolute atomic E-state index is 4.69. The number of unbranched alkanes of at least 4 members (excludes halogenated alkanes) is 2. The Hall–Kier alpha value is -1.35. The van der Waals surface area contributed by atoms with Crippen LogP contribution in [0.2, 0.25) is 0 Å². The lowest BCUT2D eigenvalue weighted by atomic mass is 10.2. The predicted molar refractivity (Wildman–Crippen MR) is 81.5 cm³/mol. The van der Waals surface area contributed by atoms with Gasteiger partial charge in [0.05, 0.1) is 11.0 Å². The van der Waals surface area contributed by atoms with Crippen LogP contribution in [0.5, 0.6) is 0 Å². The molecule has 19 heavy (non-hydrogen) atoms. The molecule has 1 aromatic heterocycles. The van der Waals surface area contributed by atoms with Crippen LogP contribution in [0.4, 0.5) is 0 Å². The summed E-state index contributed by atoms with van der Waals surface area (Å²) in [6, 6.07) is 8.41. The number of aryl methyl sites for hydroxylation is 1. The molecule has 1 aromatic carbocycles. The number of nitrogens with one attached hydrogen (secondary N) is 1. The first-order valence-electron chi connectivity index (χ1n) is 7.51. The zero-order chi connectivity index (χ0) is 13.5. The van der Waals surface area contributed by atoms with E-state index >= 15 is 0 Å². The summed E-state index contributed by atoms with van der Waals surface area (Å²) < 4.78 is 2.35. The van der Waals surface area contributed by atoms with Crippen LogP contribution in [-0.2, 0) is 13.0 Å². The Kier molecular flexibility index (Phi) is 5.40. The average Bonchev–Trinajstić information content (AvgIpc) is 2.81. The molecule has 0 aliphatic rings. The normalized spacial score (nSPS) is 11.3. The molecule has 0 aliphatic heterocycles. The molecule has 0 bridgehead atoms. The largest absolute Gasteiger partial charge is 0.327 e. The van der Waals surface area contributed by atoms with Gasteiger partial charge in [0.25, 0.3) is 0 Å². The minimum atomic E-state index is 0.991. The van der Waals surface area contributed by atoms with Crippen molar-refractivity contribution < 1.29 is 0 Å². The fourth-order valence-corrected chi connectivity index (χ4v) is 2.46. The van der Waals surface area contributed by atoms with Gasteiger partial charge in [0.15, 0.2) is 0 Å². The Balaban J connectivity index is 1.95. The molecule has 0 aliphatic carbocycles. The summed E-state index contributed by atoms with van der Waals surface area (Å²) in [4.78, 5) is 4.69. The number of hydrogen-bond donors (Lipinski definition) is 1. The van der Waals surface area contributed by atoms with E-state index < -0.39 is 0 Å². The summed E-state index contributed by atoms with van der Waals surface area (Å²) >= 11 is 0. The summed E-state index contributed by atoms with van der Waals surface area (Å²) in [6.07, 6.45) is 4.88. The number of para-hydroxylation sites is 2.